The lowest BCUT2D eigenvalue weighted by Crippen LogP contribution is -2.34. The van der Waals surface area contributed by atoms with Gasteiger partial charge in [-0.15, -0.1) is 0 Å². The predicted molar refractivity (Wildman–Crippen MR) is 80.6 cm³/mol. The third-order valence-electron chi connectivity index (χ3n) is 4.57. The van der Waals surface area contributed by atoms with Crippen LogP contribution in [0, 0.1) is 0 Å². The molecule has 1 aliphatic heterocycles. The first-order valence-corrected chi connectivity index (χ1v) is 8.09. The Morgan fingerprint density at radius 2 is 2.26 bits per heavy atom. The van der Waals surface area contributed by atoms with Gasteiger partial charge in [-0.2, -0.15) is 10.1 Å². The summed E-state index contributed by atoms with van der Waals surface area (Å²) in [6, 6.07) is 1.76. The minimum atomic E-state index is -0.500. The summed E-state index contributed by atoms with van der Waals surface area (Å²) < 4.78 is 5.32. The van der Waals surface area contributed by atoms with E-state index in [0.29, 0.717) is 24.1 Å². The standard InChI is InChI=1S/C15H20N6O2/c16-14(22)12-6-11(18-19-12)10-2-1-5-21(7-10)8-13-17-15(23-20-13)9-3-4-9/h6,9-10H,1-5,7-8H2,(H2,16,22)(H,18,19). The van der Waals surface area contributed by atoms with E-state index in [2.05, 4.69) is 25.2 Å². The van der Waals surface area contributed by atoms with Crippen molar-refractivity contribution in [2.24, 2.45) is 5.73 Å². The molecule has 0 bridgehead atoms. The van der Waals surface area contributed by atoms with Crippen molar-refractivity contribution >= 4 is 5.91 Å². The van der Waals surface area contributed by atoms with Crippen LogP contribution in [-0.4, -0.2) is 44.2 Å². The van der Waals surface area contributed by atoms with E-state index < -0.39 is 5.91 Å². The van der Waals surface area contributed by atoms with Crippen molar-refractivity contribution in [2.45, 2.75) is 44.1 Å². The number of carbonyl (C=O) groups excluding carboxylic acids is 1. The number of nitrogens with one attached hydrogen (secondary N) is 1. The Bertz CT molecular complexity index is 704. The minimum Gasteiger partial charge on any atom is -0.364 e. The van der Waals surface area contributed by atoms with Crippen molar-refractivity contribution in [3.05, 3.63) is 29.2 Å². The van der Waals surface area contributed by atoms with Crippen LogP contribution in [-0.2, 0) is 6.54 Å². The molecule has 1 amide bonds. The first-order valence-electron chi connectivity index (χ1n) is 8.09. The largest absolute Gasteiger partial charge is 0.364 e. The second kappa shape index (κ2) is 5.77. The molecular formula is C15H20N6O2. The number of aromatic amines is 1. The number of aromatic nitrogens is 4. The second-order valence-electron chi connectivity index (χ2n) is 6.47. The molecular weight excluding hydrogens is 296 g/mol. The van der Waals surface area contributed by atoms with E-state index in [4.69, 9.17) is 10.3 Å². The SMILES string of the molecule is NC(=O)c1cc(C2CCCN(Cc3noc(C4CC4)n3)C2)[nH]n1. The first-order chi connectivity index (χ1) is 11.2. The zero-order valence-corrected chi connectivity index (χ0v) is 12.9. The second-order valence-corrected chi connectivity index (χ2v) is 6.47. The highest BCUT2D eigenvalue weighted by molar-refractivity contribution is 5.90. The molecule has 1 saturated heterocycles. The number of hydrogen-bond acceptors (Lipinski definition) is 6. The van der Waals surface area contributed by atoms with Crippen LogP contribution >= 0.6 is 0 Å². The van der Waals surface area contributed by atoms with Crippen molar-refractivity contribution in [3.8, 4) is 0 Å². The zero-order valence-electron chi connectivity index (χ0n) is 12.9. The quantitative estimate of drug-likeness (QED) is 0.855. The van der Waals surface area contributed by atoms with Gasteiger partial charge in [0.1, 0.15) is 5.69 Å². The number of likely N-dealkylation sites (tertiary alicyclic amines) is 1. The highest BCUT2D eigenvalue weighted by atomic mass is 16.5. The lowest BCUT2D eigenvalue weighted by molar-refractivity contribution is 0.0995. The van der Waals surface area contributed by atoms with E-state index in [9.17, 15) is 4.79 Å². The van der Waals surface area contributed by atoms with E-state index in [-0.39, 0.29) is 0 Å². The lowest BCUT2D eigenvalue weighted by Gasteiger charge is -2.31. The monoisotopic (exact) mass is 316 g/mol. The fraction of sp³-hybridized carbons (Fsp3) is 0.600. The number of rotatable bonds is 5. The fourth-order valence-electron chi connectivity index (χ4n) is 3.15. The third-order valence-corrected chi connectivity index (χ3v) is 4.57. The molecule has 8 nitrogen and oxygen atoms in total. The molecule has 2 fully saturated rings. The number of piperidine rings is 1. The number of primary amides is 1. The van der Waals surface area contributed by atoms with Crippen molar-refractivity contribution in [1.82, 2.24) is 25.2 Å². The molecule has 0 aromatic carbocycles. The van der Waals surface area contributed by atoms with Crippen LogP contribution in [0.15, 0.2) is 10.6 Å². The zero-order chi connectivity index (χ0) is 15.8. The average Bonchev–Trinajstić information content (AvgIpc) is 3.09. The number of nitrogens with zero attached hydrogens (tertiary/aromatic N) is 4. The molecule has 0 radical (unpaired) electrons. The molecule has 3 N–H and O–H groups in total. The Balaban J connectivity index is 1.40. The van der Waals surface area contributed by atoms with Crippen LogP contribution in [0.3, 0.4) is 0 Å². The number of carbonyl (C=O) groups is 1. The highest BCUT2D eigenvalue weighted by Crippen LogP contribution is 2.39. The highest BCUT2D eigenvalue weighted by Gasteiger charge is 2.30. The number of hydrogen-bond donors (Lipinski definition) is 2. The van der Waals surface area contributed by atoms with Crippen molar-refractivity contribution in [1.29, 1.82) is 0 Å². The van der Waals surface area contributed by atoms with Gasteiger partial charge in [-0.3, -0.25) is 14.8 Å². The van der Waals surface area contributed by atoms with Crippen molar-refractivity contribution < 1.29 is 9.32 Å². The van der Waals surface area contributed by atoms with Gasteiger partial charge in [-0.1, -0.05) is 5.16 Å². The van der Waals surface area contributed by atoms with Gasteiger partial charge in [-0.25, -0.2) is 0 Å². The lowest BCUT2D eigenvalue weighted by atomic mass is 9.94. The van der Waals surface area contributed by atoms with E-state index in [1.807, 2.05) is 0 Å². The summed E-state index contributed by atoms with van der Waals surface area (Å²) in [4.78, 5) is 18.0. The predicted octanol–water partition coefficient (Wildman–Crippen LogP) is 1.15. The number of nitrogens with two attached hydrogens (primary N) is 1. The molecule has 1 atom stereocenters. The Hall–Kier alpha value is -2.22. The van der Waals surface area contributed by atoms with Gasteiger partial charge >= 0.3 is 0 Å². The van der Waals surface area contributed by atoms with Gasteiger partial charge in [-0.05, 0) is 38.3 Å². The molecule has 8 heteroatoms. The molecule has 1 aliphatic carbocycles. The van der Waals surface area contributed by atoms with Crippen LogP contribution in [0.5, 0.6) is 0 Å². The van der Waals surface area contributed by atoms with Crippen molar-refractivity contribution in [2.75, 3.05) is 13.1 Å². The molecule has 2 aromatic rings. The molecule has 23 heavy (non-hydrogen) atoms. The van der Waals surface area contributed by atoms with Gasteiger partial charge in [0.15, 0.2) is 5.82 Å². The summed E-state index contributed by atoms with van der Waals surface area (Å²) in [5, 5.41) is 11.0. The molecule has 4 rings (SSSR count). The van der Waals surface area contributed by atoms with E-state index >= 15 is 0 Å². The summed E-state index contributed by atoms with van der Waals surface area (Å²) in [7, 11) is 0. The van der Waals surface area contributed by atoms with Crippen LogP contribution in [0.25, 0.3) is 0 Å². The van der Waals surface area contributed by atoms with E-state index in [0.717, 1.165) is 56.2 Å². The van der Waals surface area contributed by atoms with Gasteiger partial charge in [0.05, 0.1) is 6.54 Å². The summed E-state index contributed by atoms with van der Waals surface area (Å²) in [6.07, 6.45) is 4.48. The first kappa shape index (κ1) is 14.4. The molecule has 2 aromatic heterocycles. The van der Waals surface area contributed by atoms with E-state index in [1.54, 1.807) is 6.07 Å². The summed E-state index contributed by atoms with van der Waals surface area (Å²) in [6.45, 7) is 2.60. The van der Waals surface area contributed by atoms with Gasteiger partial charge in [0.2, 0.25) is 5.89 Å². The van der Waals surface area contributed by atoms with Gasteiger partial charge < -0.3 is 10.3 Å². The summed E-state index contributed by atoms with van der Waals surface area (Å²) in [5.74, 6) is 1.85. The minimum absolute atomic E-state index is 0.296. The molecule has 1 unspecified atom stereocenters. The van der Waals surface area contributed by atoms with Crippen LogP contribution in [0.4, 0.5) is 0 Å². The Morgan fingerprint density at radius 3 is 3.00 bits per heavy atom. The molecule has 3 heterocycles. The molecule has 0 spiro atoms. The maximum absolute atomic E-state index is 11.2. The Kier molecular flexibility index (Phi) is 3.60. The topological polar surface area (TPSA) is 114 Å². The van der Waals surface area contributed by atoms with Crippen LogP contribution in [0.2, 0.25) is 0 Å². The molecule has 1 saturated carbocycles. The summed E-state index contributed by atoms with van der Waals surface area (Å²) in [5.41, 5.74) is 6.52. The maximum Gasteiger partial charge on any atom is 0.269 e. The van der Waals surface area contributed by atoms with Crippen LogP contribution in [0.1, 0.15) is 65.4 Å². The number of amides is 1. The van der Waals surface area contributed by atoms with Crippen molar-refractivity contribution in [3.63, 3.8) is 0 Å². The third kappa shape index (κ3) is 3.12. The Morgan fingerprint density at radius 1 is 1.39 bits per heavy atom. The number of H-pyrrole nitrogens is 1. The smallest absolute Gasteiger partial charge is 0.269 e. The Labute approximate surface area is 133 Å². The molecule has 2 aliphatic rings. The molecule has 122 valence electrons. The average molecular weight is 316 g/mol. The van der Waals surface area contributed by atoms with E-state index in [1.165, 1.54) is 0 Å². The van der Waals surface area contributed by atoms with Gasteiger partial charge in [0, 0.05) is 24.1 Å². The van der Waals surface area contributed by atoms with Crippen LogP contribution < -0.4 is 5.73 Å². The maximum atomic E-state index is 11.2. The fourth-order valence-corrected chi connectivity index (χ4v) is 3.15. The van der Waals surface area contributed by atoms with Gasteiger partial charge in [0.25, 0.3) is 5.91 Å². The summed E-state index contributed by atoms with van der Waals surface area (Å²) >= 11 is 0. The normalized spacial score (nSPS) is 22.3.